The van der Waals surface area contributed by atoms with Gasteiger partial charge in [0.25, 0.3) is 0 Å². The first-order chi connectivity index (χ1) is 8.31. The topological polar surface area (TPSA) is 55.8 Å². The van der Waals surface area contributed by atoms with Crippen molar-refractivity contribution in [2.45, 2.75) is 32.6 Å². The number of ether oxygens (including phenoxy) is 2. The van der Waals surface area contributed by atoms with Crippen LogP contribution in [0.15, 0.2) is 12.1 Å². The largest absolute Gasteiger partial charge is 0.496 e. The van der Waals surface area contributed by atoms with Crippen LogP contribution in [-0.4, -0.2) is 25.3 Å². The molecular weight excluding hydrogens is 232 g/mol. The van der Waals surface area contributed by atoms with Crippen molar-refractivity contribution in [3.8, 4) is 11.5 Å². The van der Waals surface area contributed by atoms with E-state index in [2.05, 4.69) is 0 Å². The lowest BCUT2D eigenvalue weighted by molar-refractivity contribution is -0.138. The Hall–Kier alpha value is -1.71. The maximum absolute atomic E-state index is 10.9. The van der Waals surface area contributed by atoms with Crippen LogP contribution in [0.2, 0.25) is 0 Å². The third-order valence-electron chi connectivity index (χ3n) is 3.04. The van der Waals surface area contributed by atoms with Gasteiger partial charge in [0.15, 0.2) is 0 Å². The standard InChI is InChI=1S/C14H20O4/c1-9-6-12(18-5)10(7-11(9)17-4)14(2,3)8-13(15)16/h6-7H,8H2,1-5H3,(H,15,16). The molecule has 1 N–H and O–H groups in total. The van der Waals surface area contributed by atoms with Gasteiger partial charge in [0.05, 0.1) is 20.6 Å². The molecule has 0 radical (unpaired) electrons. The Morgan fingerprint density at radius 3 is 2.22 bits per heavy atom. The quantitative estimate of drug-likeness (QED) is 0.875. The van der Waals surface area contributed by atoms with Gasteiger partial charge in [0.1, 0.15) is 11.5 Å². The third kappa shape index (κ3) is 2.94. The summed E-state index contributed by atoms with van der Waals surface area (Å²) in [5.74, 6) is 0.602. The zero-order valence-corrected chi connectivity index (χ0v) is 11.5. The predicted octanol–water partition coefficient (Wildman–Crippen LogP) is 2.76. The van der Waals surface area contributed by atoms with Gasteiger partial charge in [-0.05, 0) is 24.6 Å². The zero-order valence-electron chi connectivity index (χ0n) is 11.5. The Morgan fingerprint density at radius 1 is 1.22 bits per heavy atom. The second kappa shape index (κ2) is 5.29. The molecule has 1 aromatic rings. The van der Waals surface area contributed by atoms with Crippen molar-refractivity contribution in [1.82, 2.24) is 0 Å². The van der Waals surface area contributed by atoms with Crippen molar-refractivity contribution >= 4 is 5.97 Å². The third-order valence-corrected chi connectivity index (χ3v) is 3.04. The summed E-state index contributed by atoms with van der Waals surface area (Å²) in [5.41, 5.74) is 1.29. The van der Waals surface area contributed by atoms with Crippen LogP contribution < -0.4 is 9.47 Å². The van der Waals surface area contributed by atoms with Crippen LogP contribution in [-0.2, 0) is 10.2 Å². The van der Waals surface area contributed by atoms with Crippen LogP contribution in [0.5, 0.6) is 11.5 Å². The number of aliphatic carboxylic acids is 1. The molecule has 0 unspecified atom stereocenters. The van der Waals surface area contributed by atoms with E-state index in [4.69, 9.17) is 14.6 Å². The first-order valence-electron chi connectivity index (χ1n) is 5.76. The first-order valence-corrected chi connectivity index (χ1v) is 5.76. The van der Waals surface area contributed by atoms with Gasteiger partial charge in [-0.25, -0.2) is 0 Å². The molecule has 0 saturated carbocycles. The van der Waals surface area contributed by atoms with Crippen molar-refractivity contribution in [2.24, 2.45) is 0 Å². The summed E-state index contributed by atoms with van der Waals surface area (Å²) in [7, 11) is 3.18. The van der Waals surface area contributed by atoms with Gasteiger partial charge in [-0.15, -0.1) is 0 Å². The highest BCUT2D eigenvalue weighted by Crippen LogP contribution is 2.38. The number of hydrogen-bond donors (Lipinski definition) is 1. The lowest BCUT2D eigenvalue weighted by Gasteiger charge is -2.26. The first kappa shape index (κ1) is 14.4. The van der Waals surface area contributed by atoms with Gasteiger partial charge in [0, 0.05) is 11.0 Å². The molecule has 0 aliphatic heterocycles. The fraction of sp³-hybridized carbons (Fsp3) is 0.500. The molecule has 1 rings (SSSR count). The van der Waals surface area contributed by atoms with Crippen LogP contribution in [0, 0.1) is 6.92 Å². The molecule has 0 fully saturated rings. The molecule has 0 aliphatic carbocycles. The fourth-order valence-corrected chi connectivity index (χ4v) is 2.05. The number of carbonyl (C=O) groups is 1. The van der Waals surface area contributed by atoms with Gasteiger partial charge in [0.2, 0.25) is 0 Å². The summed E-state index contributed by atoms with van der Waals surface area (Å²) in [6, 6.07) is 3.73. The summed E-state index contributed by atoms with van der Waals surface area (Å²) in [6.45, 7) is 5.69. The van der Waals surface area contributed by atoms with E-state index in [-0.39, 0.29) is 6.42 Å². The second-order valence-corrected chi connectivity index (χ2v) is 4.98. The lowest BCUT2D eigenvalue weighted by Crippen LogP contribution is -2.22. The molecular formula is C14H20O4. The normalized spacial score (nSPS) is 11.2. The summed E-state index contributed by atoms with van der Waals surface area (Å²) in [6.07, 6.45) is 0.0373. The number of hydrogen-bond acceptors (Lipinski definition) is 3. The number of methoxy groups -OCH3 is 2. The van der Waals surface area contributed by atoms with Crippen LogP contribution in [0.3, 0.4) is 0 Å². The smallest absolute Gasteiger partial charge is 0.304 e. The van der Waals surface area contributed by atoms with Crippen LogP contribution >= 0.6 is 0 Å². The molecule has 0 atom stereocenters. The van der Waals surface area contributed by atoms with Crippen molar-refractivity contribution in [1.29, 1.82) is 0 Å². The Bertz CT molecular complexity index is 449. The average molecular weight is 252 g/mol. The molecule has 4 nitrogen and oxygen atoms in total. The van der Waals surface area contributed by atoms with Crippen molar-refractivity contribution in [3.63, 3.8) is 0 Å². The van der Waals surface area contributed by atoms with Gasteiger partial charge in [-0.1, -0.05) is 13.8 Å². The van der Waals surface area contributed by atoms with Crippen molar-refractivity contribution < 1.29 is 19.4 Å². The van der Waals surface area contributed by atoms with Crippen LogP contribution in [0.25, 0.3) is 0 Å². The van der Waals surface area contributed by atoms with Gasteiger partial charge >= 0.3 is 5.97 Å². The van der Waals surface area contributed by atoms with Gasteiger partial charge in [-0.2, -0.15) is 0 Å². The summed E-state index contributed by atoms with van der Waals surface area (Å²) in [5, 5.41) is 8.98. The Labute approximate surface area is 108 Å². The number of rotatable bonds is 5. The SMILES string of the molecule is COc1cc(C(C)(C)CC(=O)O)c(OC)cc1C. The van der Waals surface area contributed by atoms with E-state index < -0.39 is 11.4 Å². The number of carboxylic acids is 1. The maximum Gasteiger partial charge on any atom is 0.304 e. The van der Waals surface area contributed by atoms with E-state index >= 15 is 0 Å². The zero-order chi connectivity index (χ0) is 13.9. The minimum atomic E-state index is -0.832. The molecule has 0 amide bonds. The van der Waals surface area contributed by atoms with E-state index in [1.54, 1.807) is 14.2 Å². The second-order valence-electron chi connectivity index (χ2n) is 4.98. The molecule has 0 heterocycles. The fourth-order valence-electron chi connectivity index (χ4n) is 2.05. The Balaban J connectivity index is 3.32. The highest BCUT2D eigenvalue weighted by molar-refractivity contribution is 5.69. The van der Waals surface area contributed by atoms with E-state index in [0.29, 0.717) is 5.75 Å². The summed E-state index contributed by atoms with van der Waals surface area (Å²) >= 11 is 0. The predicted molar refractivity (Wildman–Crippen MR) is 69.6 cm³/mol. The lowest BCUT2D eigenvalue weighted by atomic mass is 9.80. The molecule has 1 aromatic carbocycles. The van der Waals surface area contributed by atoms with E-state index in [1.807, 2.05) is 32.9 Å². The van der Waals surface area contributed by atoms with Crippen LogP contribution in [0.4, 0.5) is 0 Å². The van der Waals surface area contributed by atoms with Crippen molar-refractivity contribution in [3.05, 3.63) is 23.3 Å². The monoisotopic (exact) mass is 252 g/mol. The highest BCUT2D eigenvalue weighted by atomic mass is 16.5. The average Bonchev–Trinajstić information content (AvgIpc) is 2.26. The molecule has 0 bridgehead atoms. The van der Waals surface area contributed by atoms with E-state index in [0.717, 1.165) is 16.9 Å². The molecule has 0 saturated heterocycles. The summed E-state index contributed by atoms with van der Waals surface area (Å²) < 4.78 is 10.6. The summed E-state index contributed by atoms with van der Waals surface area (Å²) in [4.78, 5) is 10.9. The Kier molecular flexibility index (Phi) is 4.22. The minimum absolute atomic E-state index is 0.0373. The minimum Gasteiger partial charge on any atom is -0.496 e. The number of carboxylic acid groups (broad SMARTS) is 1. The number of aryl methyl sites for hydroxylation is 1. The van der Waals surface area contributed by atoms with Gasteiger partial charge < -0.3 is 14.6 Å². The maximum atomic E-state index is 10.9. The molecule has 0 aromatic heterocycles. The molecule has 4 heteroatoms. The molecule has 100 valence electrons. The van der Waals surface area contributed by atoms with E-state index in [1.165, 1.54) is 0 Å². The van der Waals surface area contributed by atoms with Crippen molar-refractivity contribution in [2.75, 3.05) is 14.2 Å². The Morgan fingerprint density at radius 2 is 1.78 bits per heavy atom. The number of benzene rings is 1. The van der Waals surface area contributed by atoms with E-state index in [9.17, 15) is 4.79 Å². The molecule has 0 aliphatic rings. The molecule has 18 heavy (non-hydrogen) atoms. The van der Waals surface area contributed by atoms with Crippen LogP contribution in [0.1, 0.15) is 31.4 Å². The molecule has 0 spiro atoms. The highest BCUT2D eigenvalue weighted by Gasteiger charge is 2.28. The van der Waals surface area contributed by atoms with Gasteiger partial charge in [-0.3, -0.25) is 4.79 Å².